The lowest BCUT2D eigenvalue weighted by Crippen LogP contribution is -2.26. The van der Waals surface area contributed by atoms with Crippen LogP contribution in [0.25, 0.3) is 0 Å². The molecule has 22 heavy (non-hydrogen) atoms. The van der Waals surface area contributed by atoms with E-state index in [0.717, 1.165) is 11.3 Å². The fraction of sp³-hybridized carbons (Fsp3) is 0.294. The standard InChI is InChI=1S/C17H20N2O3/c1-4-22-15-7-5-13(6-8-15)11-19(3)17(21)16-9-14(10-18-16)12(2)20/h5-10,18H,4,11H2,1-3H3. The van der Waals surface area contributed by atoms with Gasteiger partial charge in [-0.15, -0.1) is 0 Å². The van der Waals surface area contributed by atoms with Crippen LogP contribution < -0.4 is 4.74 Å². The predicted molar refractivity (Wildman–Crippen MR) is 84.2 cm³/mol. The number of H-pyrrole nitrogens is 1. The third kappa shape index (κ3) is 3.75. The molecule has 0 fully saturated rings. The number of ether oxygens (including phenoxy) is 1. The minimum absolute atomic E-state index is 0.0653. The number of aromatic amines is 1. The highest BCUT2D eigenvalue weighted by atomic mass is 16.5. The Morgan fingerprint density at radius 2 is 1.91 bits per heavy atom. The molecule has 1 N–H and O–H groups in total. The number of hydrogen-bond acceptors (Lipinski definition) is 3. The van der Waals surface area contributed by atoms with Gasteiger partial charge in [0.05, 0.1) is 6.61 Å². The SMILES string of the molecule is CCOc1ccc(CN(C)C(=O)c2cc(C(C)=O)c[nH]2)cc1. The zero-order valence-corrected chi connectivity index (χ0v) is 13.1. The molecule has 2 rings (SSSR count). The molecule has 5 nitrogen and oxygen atoms in total. The highest BCUT2D eigenvalue weighted by Gasteiger charge is 2.15. The summed E-state index contributed by atoms with van der Waals surface area (Å²) in [5.74, 6) is 0.599. The summed E-state index contributed by atoms with van der Waals surface area (Å²) in [6.07, 6.45) is 1.56. The Balaban J connectivity index is 2.02. The molecule has 1 amide bonds. The molecule has 0 saturated heterocycles. The number of carbonyl (C=O) groups excluding carboxylic acids is 2. The monoisotopic (exact) mass is 300 g/mol. The summed E-state index contributed by atoms with van der Waals surface area (Å²) in [5.41, 5.74) is 1.94. The summed E-state index contributed by atoms with van der Waals surface area (Å²) in [6.45, 7) is 4.52. The van der Waals surface area contributed by atoms with Crippen LogP contribution in [-0.2, 0) is 6.54 Å². The van der Waals surface area contributed by atoms with Crippen LogP contribution in [0.15, 0.2) is 36.5 Å². The first-order chi connectivity index (χ1) is 10.5. The van der Waals surface area contributed by atoms with Crippen LogP contribution in [0.2, 0.25) is 0 Å². The van der Waals surface area contributed by atoms with Gasteiger partial charge in [-0.3, -0.25) is 9.59 Å². The van der Waals surface area contributed by atoms with Crippen LogP contribution in [0.3, 0.4) is 0 Å². The van der Waals surface area contributed by atoms with Crippen molar-refractivity contribution in [1.29, 1.82) is 0 Å². The zero-order valence-electron chi connectivity index (χ0n) is 13.1. The normalized spacial score (nSPS) is 10.3. The Morgan fingerprint density at radius 3 is 2.45 bits per heavy atom. The van der Waals surface area contributed by atoms with Gasteiger partial charge in [-0.1, -0.05) is 12.1 Å². The van der Waals surface area contributed by atoms with Gasteiger partial charge in [0, 0.05) is 25.4 Å². The van der Waals surface area contributed by atoms with Crippen molar-refractivity contribution < 1.29 is 14.3 Å². The molecule has 116 valence electrons. The maximum atomic E-state index is 12.3. The Morgan fingerprint density at radius 1 is 1.23 bits per heavy atom. The van der Waals surface area contributed by atoms with E-state index in [0.29, 0.717) is 24.4 Å². The topological polar surface area (TPSA) is 62.4 Å². The van der Waals surface area contributed by atoms with Crippen LogP contribution in [-0.4, -0.2) is 35.2 Å². The van der Waals surface area contributed by atoms with Crippen molar-refractivity contribution in [2.75, 3.05) is 13.7 Å². The molecule has 0 bridgehead atoms. The molecule has 1 aromatic heterocycles. The number of nitrogens with one attached hydrogen (secondary N) is 1. The predicted octanol–water partition coefficient (Wildman–Crippen LogP) is 2.89. The molecule has 0 saturated carbocycles. The maximum Gasteiger partial charge on any atom is 0.270 e. The maximum absolute atomic E-state index is 12.3. The Labute approximate surface area is 129 Å². The number of amides is 1. The minimum atomic E-state index is -0.151. The molecular weight excluding hydrogens is 280 g/mol. The molecule has 1 heterocycles. The Kier molecular flexibility index (Phi) is 4.99. The van der Waals surface area contributed by atoms with Crippen molar-refractivity contribution in [2.45, 2.75) is 20.4 Å². The highest BCUT2D eigenvalue weighted by Crippen LogP contribution is 2.14. The first-order valence-electron chi connectivity index (χ1n) is 7.17. The van der Waals surface area contributed by atoms with Gasteiger partial charge in [0.2, 0.25) is 0 Å². The zero-order chi connectivity index (χ0) is 16.1. The van der Waals surface area contributed by atoms with Gasteiger partial charge in [-0.2, -0.15) is 0 Å². The second kappa shape index (κ2) is 6.93. The van der Waals surface area contributed by atoms with Gasteiger partial charge in [0.1, 0.15) is 11.4 Å². The third-order valence-electron chi connectivity index (χ3n) is 3.32. The van der Waals surface area contributed by atoms with Crippen LogP contribution in [0.5, 0.6) is 5.75 Å². The molecule has 0 aliphatic heterocycles. The summed E-state index contributed by atoms with van der Waals surface area (Å²) in [6, 6.07) is 9.23. The van der Waals surface area contributed by atoms with Crippen LogP contribution in [0.1, 0.15) is 40.3 Å². The lowest BCUT2D eigenvalue weighted by Gasteiger charge is -2.16. The number of hydrogen-bond donors (Lipinski definition) is 1. The van der Waals surface area contributed by atoms with Crippen molar-refractivity contribution in [3.63, 3.8) is 0 Å². The largest absolute Gasteiger partial charge is 0.494 e. The minimum Gasteiger partial charge on any atom is -0.494 e. The van der Waals surface area contributed by atoms with Gasteiger partial charge in [0.25, 0.3) is 5.91 Å². The Bertz CT molecular complexity index is 659. The summed E-state index contributed by atoms with van der Waals surface area (Å²) in [4.78, 5) is 28.0. The number of carbonyl (C=O) groups is 2. The third-order valence-corrected chi connectivity index (χ3v) is 3.32. The summed E-state index contributed by atoms with van der Waals surface area (Å²) >= 11 is 0. The van der Waals surface area contributed by atoms with Crippen molar-refractivity contribution >= 4 is 11.7 Å². The molecule has 1 aromatic carbocycles. The van der Waals surface area contributed by atoms with Crippen molar-refractivity contribution in [3.8, 4) is 5.75 Å². The van der Waals surface area contributed by atoms with E-state index in [-0.39, 0.29) is 11.7 Å². The van der Waals surface area contributed by atoms with Gasteiger partial charge >= 0.3 is 0 Å². The second-order valence-corrected chi connectivity index (χ2v) is 5.10. The average molecular weight is 300 g/mol. The van der Waals surface area contributed by atoms with E-state index in [1.807, 2.05) is 31.2 Å². The fourth-order valence-corrected chi connectivity index (χ4v) is 2.13. The molecule has 0 spiro atoms. The van der Waals surface area contributed by atoms with Gasteiger partial charge in [-0.25, -0.2) is 0 Å². The number of aromatic nitrogens is 1. The van der Waals surface area contributed by atoms with Gasteiger partial charge in [-0.05, 0) is 37.6 Å². The number of Topliss-reactive ketones (excluding diaryl/α,β-unsaturated/α-hetero) is 1. The molecule has 2 aromatic rings. The summed E-state index contributed by atoms with van der Waals surface area (Å²) in [5, 5.41) is 0. The fourth-order valence-electron chi connectivity index (χ4n) is 2.13. The van der Waals surface area contributed by atoms with Gasteiger partial charge in [0.15, 0.2) is 5.78 Å². The number of benzene rings is 1. The van der Waals surface area contributed by atoms with Crippen LogP contribution in [0, 0.1) is 0 Å². The lowest BCUT2D eigenvalue weighted by molar-refractivity contribution is 0.0780. The quantitative estimate of drug-likeness (QED) is 0.834. The first-order valence-corrected chi connectivity index (χ1v) is 7.17. The highest BCUT2D eigenvalue weighted by molar-refractivity contribution is 5.98. The first kappa shape index (κ1) is 15.8. The van der Waals surface area contributed by atoms with E-state index >= 15 is 0 Å². The van der Waals surface area contributed by atoms with E-state index in [1.54, 1.807) is 24.2 Å². The smallest absolute Gasteiger partial charge is 0.270 e. The van der Waals surface area contributed by atoms with Crippen LogP contribution in [0.4, 0.5) is 0 Å². The van der Waals surface area contributed by atoms with Crippen LogP contribution >= 0.6 is 0 Å². The number of rotatable bonds is 6. The van der Waals surface area contributed by atoms with Crippen molar-refractivity contribution in [3.05, 3.63) is 53.3 Å². The molecule has 0 unspecified atom stereocenters. The van der Waals surface area contributed by atoms with Gasteiger partial charge < -0.3 is 14.6 Å². The van der Waals surface area contributed by atoms with E-state index in [4.69, 9.17) is 4.74 Å². The summed E-state index contributed by atoms with van der Waals surface area (Å²) in [7, 11) is 1.73. The lowest BCUT2D eigenvalue weighted by atomic mass is 10.2. The molecule has 0 radical (unpaired) electrons. The molecule has 5 heteroatoms. The van der Waals surface area contributed by atoms with Crippen molar-refractivity contribution in [2.24, 2.45) is 0 Å². The van der Waals surface area contributed by atoms with E-state index < -0.39 is 0 Å². The van der Waals surface area contributed by atoms with E-state index in [9.17, 15) is 9.59 Å². The van der Waals surface area contributed by atoms with Crippen molar-refractivity contribution in [1.82, 2.24) is 9.88 Å². The molecule has 0 atom stereocenters. The van der Waals surface area contributed by atoms with E-state index in [1.165, 1.54) is 6.92 Å². The van der Waals surface area contributed by atoms with E-state index in [2.05, 4.69) is 4.98 Å². The molecular formula is C17H20N2O3. The second-order valence-electron chi connectivity index (χ2n) is 5.10. The number of ketones is 1. The Hall–Kier alpha value is -2.56. The average Bonchev–Trinajstić information content (AvgIpc) is 2.99. The summed E-state index contributed by atoms with van der Waals surface area (Å²) < 4.78 is 5.39. The molecule has 0 aliphatic carbocycles. The number of nitrogens with zero attached hydrogens (tertiary/aromatic N) is 1. The molecule has 0 aliphatic rings.